The van der Waals surface area contributed by atoms with E-state index in [1.54, 1.807) is 0 Å². The van der Waals surface area contributed by atoms with E-state index in [1.807, 2.05) is 18.2 Å². The van der Waals surface area contributed by atoms with Crippen LogP contribution in [-0.4, -0.2) is 23.2 Å². The summed E-state index contributed by atoms with van der Waals surface area (Å²) < 4.78 is 5.24. The molecular formula is C12H14ClN3O. The fourth-order valence-corrected chi connectivity index (χ4v) is 1.75. The molecule has 0 amide bonds. The SMILES string of the molecule is Cl.c1ccc(Cc2noc(C3CNC3)n2)cc1. The number of hydrogen-bond donors (Lipinski definition) is 1. The van der Waals surface area contributed by atoms with Gasteiger partial charge < -0.3 is 9.84 Å². The fraction of sp³-hybridized carbons (Fsp3) is 0.333. The minimum Gasteiger partial charge on any atom is -0.339 e. The molecule has 2 aromatic rings. The molecule has 1 N–H and O–H groups in total. The summed E-state index contributed by atoms with van der Waals surface area (Å²) in [4.78, 5) is 4.41. The smallest absolute Gasteiger partial charge is 0.232 e. The van der Waals surface area contributed by atoms with Crippen LogP contribution in [0.5, 0.6) is 0 Å². The van der Waals surface area contributed by atoms with Gasteiger partial charge in [0.2, 0.25) is 5.89 Å². The highest BCUT2D eigenvalue weighted by Crippen LogP contribution is 2.18. The zero-order valence-electron chi connectivity index (χ0n) is 9.30. The molecule has 1 aliphatic heterocycles. The fourth-order valence-electron chi connectivity index (χ4n) is 1.75. The zero-order valence-corrected chi connectivity index (χ0v) is 10.1. The minimum atomic E-state index is 0. The first-order valence-electron chi connectivity index (χ1n) is 5.49. The minimum absolute atomic E-state index is 0. The van der Waals surface area contributed by atoms with Crippen molar-refractivity contribution in [1.82, 2.24) is 15.5 Å². The maximum absolute atomic E-state index is 5.24. The third kappa shape index (κ3) is 2.65. The standard InChI is InChI=1S/C12H13N3O.ClH/c1-2-4-9(5-3-1)6-11-14-12(16-15-11)10-7-13-8-10;/h1-5,10,13H,6-8H2;1H. The van der Waals surface area contributed by atoms with Gasteiger partial charge >= 0.3 is 0 Å². The van der Waals surface area contributed by atoms with Gasteiger partial charge in [0.25, 0.3) is 0 Å². The molecule has 1 aromatic carbocycles. The molecule has 0 aliphatic carbocycles. The molecule has 5 heteroatoms. The van der Waals surface area contributed by atoms with E-state index in [0.717, 1.165) is 31.2 Å². The van der Waals surface area contributed by atoms with Crippen LogP contribution in [0, 0.1) is 0 Å². The van der Waals surface area contributed by atoms with E-state index in [1.165, 1.54) is 5.56 Å². The van der Waals surface area contributed by atoms with Crippen molar-refractivity contribution in [3.8, 4) is 0 Å². The number of rotatable bonds is 3. The summed E-state index contributed by atoms with van der Waals surface area (Å²) in [5, 5.41) is 7.19. The van der Waals surface area contributed by atoms with Crippen molar-refractivity contribution < 1.29 is 4.52 Å². The van der Waals surface area contributed by atoms with Crippen LogP contribution < -0.4 is 5.32 Å². The molecule has 1 fully saturated rings. The average molecular weight is 252 g/mol. The number of nitrogens with zero attached hydrogens (tertiary/aromatic N) is 2. The Balaban J connectivity index is 0.00000108. The van der Waals surface area contributed by atoms with Crippen LogP contribution in [0.1, 0.15) is 23.2 Å². The van der Waals surface area contributed by atoms with Crippen molar-refractivity contribution >= 4 is 12.4 Å². The number of benzene rings is 1. The van der Waals surface area contributed by atoms with Crippen LogP contribution in [0.25, 0.3) is 0 Å². The normalized spacial score (nSPS) is 15.1. The van der Waals surface area contributed by atoms with Crippen LogP contribution in [0.3, 0.4) is 0 Å². The van der Waals surface area contributed by atoms with Crippen LogP contribution in [-0.2, 0) is 6.42 Å². The maximum Gasteiger partial charge on any atom is 0.232 e. The van der Waals surface area contributed by atoms with Gasteiger partial charge in [-0.3, -0.25) is 0 Å². The summed E-state index contributed by atoms with van der Waals surface area (Å²) in [5.74, 6) is 1.95. The monoisotopic (exact) mass is 251 g/mol. The molecule has 0 radical (unpaired) electrons. The van der Waals surface area contributed by atoms with Crippen molar-refractivity contribution in [3.63, 3.8) is 0 Å². The van der Waals surface area contributed by atoms with Crippen LogP contribution in [0.15, 0.2) is 34.9 Å². The third-order valence-corrected chi connectivity index (χ3v) is 2.82. The van der Waals surface area contributed by atoms with E-state index in [4.69, 9.17) is 4.52 Å². The Morgan fingerprint density at radius 1 is 1.24 bits per heavy atom. The highest BCUT2D eigenvalue weighted by Gasteiger charge is 2.24. The molecule has 4 nitrogen and oxygen atoms in total. The van der Waals surface area contributed by atoms with Gasteiger partial charge in [0.15, 0.2) is 5.82 Å². The highest BCUT2D eigenvalue weighted by atomic mass is 35.5. The van der Waals surface area contributed by atoms with Gasteiger partial charge in [-0.25, -0.2) is 0 Å². The Hall–Kier alpha value is -1.39. The van der Waals surface area contributed by atoms with Crippen molar-refractivity contribution in [1.29, 1.82) is 0 Å². The number of aromatic nitrogens is 2. The molecule has 0 spiro atoms. The Kier molecular flexibility index (Phi) is 3.76. The largest absolute Gasteiger partial charge is 0.339 e. The van der Waals surface area contributed by atoms with E-state index < -0.39 is 0 Å². The number of halogens is 1. The molecule has 0 bridgehead atoms. The van der Waals surface area contributed by atoms with Crippen molar-refractivity contribution in [2.24, 2.45) is 0 Å². The lowest BCUT2D eigenvalue weighted by atomic mass is 10.0. The van der Waals surface area contributed by atoms with Crippen molar-refractivity contribution in [2.45, 2.75) is 12.3 Å². The first-order valence-corrected chi connectivity index (χ1v) is 5.49. The van der Waals surface area contributed by atoms with Crippen LogP contribution in [0.2, 0.25) is 0 Å². The topological polar surface area (TPSA) is 51.0 Å². The maximum atomic E-state index is 5.24. The zero-order chi connectivity index (χ0) is 10.8. The van der Waals surface area contributed by atoms with Crippen molar-refractivity contribution in [3.05, 3.63) is 47.6 Å². The predicted molar refractivity (Wildman–Crippen MR) is 66.4 cm³/mol. The summed E-state index contributed by atoms with van der Waals surface area (Å²) in [6.45, 7) is 1.90. The first kappa shape index (κ1) is 12.1. The molecule has 0 atom stereocenters. The Morgan fingerprint density at radius 3 is 2.65 bits per heavy atom. The van der Waals surface area contributed by atoms with Gasteiger partial charge in [-0.1, -0.05) is 35.5 Å². The second-order valence-electron chi connectivity index (χ2n) is 4.07. The van der Waals surface area contributed by atoms with Crippen molar-refractivity contribution in [2.75, 3.05) is 13.1 Å². The van der Waals surface area contributed by atoms with Gasteiger partial charge in [-0.05, 0) is 5.56 Å². The van der Waals surface area contributed by atoms with E-state index in [0.29, 0.717) is 5.92 Å². The van der Waals surface area contributed by atoms with Crippen LogP contribution >= 0.6 is 12.4 Å². The molecule has 1 saturated heterocycles. The average Bonchev–Trinajstić information content (AvgIpc) is 2.65. The van der Waals surface area contributed by atoms with E-state index in [9.17, 15) is 0 Å². The van der Waals surface area contributed by atoms with Gasteiger partial charge in [-0.15, -0.1) is 12.4 Å². The number of hydrogen-bond acceptors (Lipinski definition) is 4. The molecule has 2 heterocycles. The summed E-state index contributed by atoms with van der Waals surface area (Å²) in [7, 11) is 0. The highest BCUT2D eigenvalue weighted by molar-refractivity contribution is 5.85. The van der Waals surface area contributed by atoms with Gasteiger partial charge in [0.1, 0.15) is 0 Å². The molecule has 0 saturated carbocycles. The van der Waals surface area contributed by atoms with E-state index in [2.05, 4.69) is 27.6 Å². The lowest BCUT2D eigenvalue weighted by Crippen LogP contribution is -2.40. The lowest BCUT2D eigenvalue weighted by Gasteiger charge is -2.22. The quantitative estimate of drug-likeness (QED) is 0.903. The number of nitrogens with one attached hydrogen (secondary N) is 1. The van der Waals surface area contributed by atoms with Gasteiger partial charge in [0.05, 0.1) is 5.92 Å². The van der Waals surface area contributed by atoms with Crippen LogP contribution in [0.4, 0.5) is 0 Å². The first-order chi connectivity index (χ1) is 7.92. The second kappa shape index (κ2) is 5.29. The molecule has 17 heavy (non-hydrogen) atoms. The predicted octanol–water partition coefficient (Wildman–Crippen LogP) is 1.77. The summed E-state index contributed by atoms with van der Waals surface area (Å²) in [6.07, 6.45) is 0.741. The Labute approximate surface area is 106 Å². The molecule has 3 rings (SSSR count). The van der Waals surface area contributed by atoms with E-state index >= 15 is 0 Å². The molecule has 90 valence electrons. The second-order valence-corrected chi connectivity index (χ2v) is 4.07. The summed E-state index contributed by atoms with van der Waals surface area (Å²) >= 11 is 0. The molecule has 0 unspecified atom stereocenters. The Bertz CT molecular complexity index is 468. The molecule has 1 aliphatic rings. The lowest BCUT2D eigenvalue weighted by molar-refractivity contribution is 0.306. The van der Waals surface area contributed by atoms with E-state index in [-0.39, 0.29) is 12.4 Å². The molecule has 1 aromatic heterocycles. The van der Waals surface area contributed by atoms with Gasteiger partial charge in [-0.2, -0.15) is 4.98 Å². The Morgan fingerprint density at radius 2 is 2.00 bits per heavy atom. The summed E-state index contributed by atoms with van der Waals surface area (Å²) in [5.41, 5.74) is 1.21. The summed E-state index contributed by atoms with van der Waals surface area (Å²) in [6, 6.07) is 10.2. The van der Waals surface area contributed by atoms with Gasteiger partial charge in [0, 0.05) is 19.5 Å². The molecular weight excluding hydrogens is 238 g/mol. The third-order valence-electron chi connectivity index (χ3n) is 2.82.